The lowest BCUT2D eigenvalue weighted by Crippen LogP contribution is -2.50. The number of para-hydroxylation sites is 1. The third kappa shape index (κ3) is 3.76. The number of nitrogens with zero attached hydrogens (tertiary/aromatic N) is 3. The molecule has 1 saturated heterocycles. The Morgan fingerprint density at radius 3 is 2.54 bits per heavy atom. The molecule has 1 fully saturated rings. The number of fused-ring (bicyclic) bond motifs is 1. The van der Waals surface area contributed by atoms with Gasteiger partial charge < -0.3 is 14.5 Å². The van der Waals surface area contributed by atoms with Crippen molar-refractivity contribution in [2.75, 3.05) is 37.7 Å². The van der Waals surface area contributed by atoms with Gasteiger partial charge in [0.25, 0.3) is 5.91 Å². The van der Waals surface area contributed by atoms with Crippen LogP contribution in [0, 0.1) is 0 Å². The maximum absolute atomic E-state index is 12.4. The van der Waals surface area contributed by atoms with Crippen LogP contribution < -0.4 is 9.64 Å². The molecule has 1 amide bonds. The molecule has 0 N–H and O–H groups in total. The van der Waals surface area contributed by atoms with Crippen molar-refractivity contribution in [2.24, 2.45) is 0 Å². The number of amides is 1. The maximum atomic E-state index is 12.4. The van der Waals surface area contributed by atoms with Crippen LogP contribution in [0.25, 0.3) is 10.2 Å². The van der Waals surface area contributed by atoms with Crippen LogP contribution in [0.3, 0.4) is 0 Å². The first-order valence-corrected chi connectivity index (χ1v) is 9.65. The molecule has 1 aliphatic rings. The van der Waals surface area contributed by atoms with Crippen molar-refractivity contribution in [3.8, 4) is 5.75 Å². The van der Waals surface area contributed by atoms with Crippen molar-refractivity contribution >= 4 is 44.2 Å². The first-order valence-electron chi connectivity index (χ1n) is 8.46. The van der Waals surface area contributed by atoms with Crippen LogP contribution in [0.1, 0.15) is 0 Å². The Morgan fingerprint density at radius 1 is 1.08 bits per heavy atom. The van der Waals surface area contributed by atoms with Gasteiger partial charge in [-0.2, -0.15) is 0 Å². The smallest absolute Gasteiger partial charge is 0.260 e. The molecule has 0 unspecified atom stereocenters. The number of halogens is 1. The molecule has 0 atom stereocenters. The number of piperazine rings is 1. The Balaban J connectivity index is 1.31. The zero-order valence-corrected chi connectivity index (χ0v) is 15.7. The predicted molar refractivity (Wildman–Crippen MR) is 105 cm³/mol. The van der Waals surface area contributed by atoms with Gasteiger partial charge in [0.2, 0.25) is 0 Å². The molecular formula is C19H18ClN3O2S. The molecule has 4 rings (SSSR count). The van der Waals surface area contributed by atoms with Crippen LogP contribution in [-0.2, 0) is 4.79 Å². The molecule has 26 heavy (non-hydrogen) atoms. The average molecular weight is 388 g/mol. The summed E-state index contributed by atoms with van der Waals surface area (Å²) in [6, 6.07) is 15.2. The van der Waals surface area contributed by atoms with Crippen molar-refractivity contribution in [3.05, 3.63) is 53.6 Å². The highest BCUT2D eigenvalue weighted by Gasteiger charge is 2.23. The lowest BCUT2D eigenvalue weighted by Gasteiger charge is -2.34. The second-order valence-corrected chi connectivity index (χ2v) is 7.52. The zero-order valence-electron chi connectivity index (χ0n) is 14.1. The molecule has 7 heteroatoms. The second-order valence-electron chi connectivity index (χ2n) is 6.07. The van der Waals surface area contributed by atoms with Crippen molar-refractivity contribution in [1.82, 2.24) is 9.88 Å². The summed E-state index contributed by atoms with van der Waals surface area (Å²) in [7, 11) is 0. The molecule has 2 heterocycles. The highest BCUT2D eigenvalue weighted by Crippen LogP contribution is 2.29. The highest BCUT2D eigenvalue weighted by molar-refractivity contribution is 7.22. The van der Waals surface area contributed by atoms with Crippen molar-refractivity contribution in [1.29, 1.82) is 0 Å². The van der Waals surface area contributed by atoms with Gasteiger partial charge in [-0.05, 0) is 36.4 Å². The van der Waals surface area contributed by atoms with Gasteiger partial charge in [-0.1, -0.05) is 35.1 Å². The standard InChI is InChI=1S/C19H18ClN3O2S/c20-14-5-7-15(8-6-14)25-13-18(24)22-9-11-23(12-10-22)19-21-16-3-1-2-4-17(16)26-19/h1-8H,9-13H2. The third-order valence-electron chi connectivity index (χ3n) is 4.36. The van der Waals surface area contributed by atoms with E-state index in [1.54, 1.807) is 35.6 Å². The molecule has 2 aromatic carbocycles. The number of benzene rings is 2. The second kappa shape index (κ2) is 7.51. The van der Waals surface area contributed by atoms with E-state index in [4.69, 9.17) is 21.3 Å². The fourth-order valence-corrected chi connectivity index (χ4v) is 4.05. The van der Waals surface area contributed by atoms with Crippen LogP contribution in [0.5, 0.6) is 5.75 Å². The molecule has 0 spiro atoms. The third-order valence-corrected chi connectivity index (χ3v) is 5.71. The number of rotatable bonds is 4. The number of hydrogen-bond acceptors (Lipinski definition) is 5. The van der Waals surface area contributed by atoms with Crippen LogP contribution >= 0.6 is 22.9 Å². The van der Waals surface area contributed by atoms with Gasteiger partial charge in [0.1, 0.15) is 5.75 Å². The number of aromatic nitrogens is 1. The van der Waals surface area contributed by atoms with E-state index in [2.05, 4.69) is 11.0 Å². The number of thiazole rings is 1. The summed E-state index contributed by atoms with van der Waals surface area (Å²) in [5.41, 5.74) is 1.03. The molecule has 0 saturated carbocycles. The van der Waals surface area contributed by atoms with Gasteiger partial charge in [0.15, 0.2) is 11.7 Å². The topological polar surface area (TPSA) is 45.7 Å². The van der Waals surface area contributed by atoms with E-state index in [0.717, 1.165) is 23.7 Å². The van der Waals surface area contributed by atoms with Gasteiger partial charge in [0, 0.05) is 31.2 Å². The predicted octanol–water partition coefficient (Wildman–Crippen LogP) is 3.68. The minimum absolute atomic E-state index is 0.00361. The fourth-order valence-electron chi connectivity index (χ4n) is 2.91. The summed E-state index contributed by atoms with van der Waals surface area (Å²) in [6.45, 7) is 2.97. The van der Waals surface area contributed by atoms with Gasteiger partial charge in [0.05, 0.1) is 10.2 Å². The molecule has 0 bridgehead atoms. The number of carbonyl (C=O) groups is 1. The minimum Gasteiger partial charge on any atom is -0.484 e. The molecule has 134 valence electrons. The lowest BCUT2D eigenvalue weighted by molar-refractivity contribution is -0.133. The van der Waals surface area contributed by atoms with E-state index in [1.807, 2.05) is 23.1 Å². The van der Waals surface area contributed by atoms with E-state index in [-0.39, 0.29) is 12.5 Å². The van der Waals surface area contributed by atoms with Gasteiger partial charge >= 0.3 is 0 Å². The van der Waals surface area contributed by atoms with Gasteiger partial charge in [-0.25, -0.2) is 4.98 Å². The number of ether oxygens (including phenoxy) is 1. The first kappa shape index (κ1) is 17.1. The summed E-state index contributed by atoms with van der Waals surface area (Å²) in [5.74, 6) is 0.653. The molecule has 5 nitrogen and oxygen atoms in total. The Bertz CT molecular complexity index is 872. The number of hydrogen-bond donors (Lipinski definition) is 0. The zero-order chi connectivity index (χ0) is 17.9. The summed E-state index contributed by atoms with van der Waals surface area (Å²) in [6.07, 6.45) is 0. The molecule has 0 aliphatic carbocycles. The van der Waals surface area contributed by atoms with E-state index >= 15 is 0 Å². The summed E-state index contributed by atoms with van der Waals surface area (Å²) < 4.78 is 6.75. The van der Waals surface area contributed by atoms with Crippen LogP contribution in [-0.4, -0.2) is 48.6 Å². The Morgan fingerprint density at radius 2 is 1.81 bits per heavy atom. The fraction of sp³-hybridized carbons (Fsp3) is 0.263. The monoisotopic (exact) mass is 387 g/mol. The van der Waals surface area contributed by atoms with E-state index in [9.17, 15) is 4.79 Å². The molecule has 1 aromatic heterocycles. The Kier molecular flexibility index (Phi) is 4.95. The van der Waals surface area contributed by atoms with Crippen molar-refractivity contribution in [3.63, 3.8) is 0 Å². The van der Waals surface area contributed by atoms with Crippen LogP contribution in [0.4, 0.5) is 5.13 Å². The molecule has 0 radical (unpaired) electrons. The normalized spacial score (nSPS) is 14.7. The summed E-state index contributed by atoms with van der Waals surface area (Å²) in [4.78, 5) is 21.2. The van der Waals surface area contributed by atoms with Crippen LogP contribution in [0.15, 0.2) is 48.5 Å². The average Bonchev–Trinajstić information content (AvgIpc) is 3.12. The first-order chi connectivity index (χ1) is 12.7. The number of anilines is 1. The SMILES string of the molecule is O=C(COc1ccc(Cl)cc1)N1CCN(c2nc3ccccc3s2)CC1. The Labute approximate surface area is 160 Å². The molecule has 3 aromatic rings. The Hall–Kier alpha value is -2.31. The van der Waals surface area contributed by atoms with Crippen molar-refractivity contribution in [2.45, 2.75) is 0 Å². The van der Waals surface area contributed by atoms with E-state index in [1.165, 1.54) is 4.70 Å². The van der Waals surface area contributed by atoms with Gasteiger partial charge in [-0.15, -0.1) is 0 Å². The lowest BCUT2D eigenvalue weighted by atomic mass is 10.3. The quantitative estimate of drug-likeness (QED) is 0.685. The van der Waals surface area contributed by atoms with E-state index < -0.39 is 0 Å². The van der Waals surface area contributed by atoms with Gasteiger partial charge in [-0.3, -0.25) is 4.79 Å². The molecular weight excluding hydrogens is 370 g/mol. The van der Waals surface area contributed by atoms with E-state index in [0.29, 0.717) is 23.9 Å². The maximum Gasteiger partial charge on any atom is 0.260 e. The number of carbonyl (C=O) groups excluding carboxylic acids is 1. The van der Waals surface area contributed by atoms with Crippen LogP contribution in [0.2, 0.25) is 5.02 Å². The van der Waals surface area contributed by atoms with Crippen molar-refractivity contribution < 1.29 is 9.53 Å². The highest BCUT2D eigenvalue weighted by atomic mass is 35.5. The summed E-state index contributed by atoms with van der Waals surface area (Å²) in [5, 5.41) is 1.67. The molecule has 1 aliphatic heterocycles. The summed E-state index contributed by atoms with van der Waals surface area (Å²) >= 11 is 7.54. The minimum atomic E-state index is 0.00361. The largest absolute Gasteiger partial charge is 0.484 e.